The Morgan fingerprint density at radius 3 is 2.61 bits per heavy atom. The number of hydrogen-bond acceptors (Lipinski definition) is 9. The molecule has 0 radical (unpaired) electrons. The highest BCUT2D eigenvalue weighted by molar-refractivity contribution is 6.30. The van der Waals surface area contributed by atoms with Gasteiger partial charge in [0.25, 0.3) is 0 Å². The van der Waals surface area contributed by atoms with Gasteiger partial charge < -0.3 is 10.4 Å². The predicted molar refractivity (Wildman–Crippen MR) is 101 cm³/mol. The molecule has 2 heterocycles. The average molecular weight is 400 g/mol. The molecule has 0 atom stereocenters. The summed E-state index contributed by atoms with van der Waals surface area (Å²) in [6, 6.07) is 10.6. The minimum atomic E-state index is -0.471. The number of aromatic hydroxyl groups is 1. The molecule has 0 aliphatic heterocycles. The van der Waals surface area contributed by atoms with Crippen LogP contribution in [0.3, 0.4) is 0 Å². The Hall–Kier alpha value is -3.79. The summed E-state index contributed by atoms with van der Waals surface area (Å²) < 4.78 is 18.6. The van der Waals surface area contributed by atoms with Crippen molar-refractivity contribution in [1.82, 2.24) is 20.3 Å². The highest BCUT2D eigenvalue weighted by Crippen LogP contribution is 2.25. The highest BCUT2D eigenvalue weighted by atomic mass is 35.5. The van der Waals surface area contributed by atoms with Crippen molar-refractivity contribution >= 4 is 46.4 Å². The van der Waals surface area contributed by atoms with Crippen molar-refractivity contribution in [1.29, 1.82) is 0 Å². The number of para-hydroxylation sites is 1. The van der Waals surface area contributed by atoms with Gasteiger partial charge in [0.2, 0.25) is 11.3 Å². The molecule has 0 unspecified atom stereocenters. The number of hydrogen-bond donors (Lipinski definition) is 3. The number of fused-ring (bicyclic) bond motifs is 1. The molecule has 28 heavy (non-hydrogen) atoms. The summed E-state index contributed by atoms with van der Waals surface area (Å²) >= 11 is 5.91. The molecule has 4 rings (SSSR count). The maximum atomic E-state index is 14.0. The predicted octanol–water partition coefficient (Wildman–Crippen LogP) is 3.70. The minimum absolute atomic E-state index is 0.00175. The maximum absolute atomic E-state index is 14.0. The number of rotatable bonds is 5. The fourth-order valence-electron chi connectivity index (χ4n) is 2.28. The van der Waals surface area contributed by atoms with Crippen molar-refractivity contribution in [3.05, 3.63) is 58.9 Å². The van der Waals surface area contributed by atoms with Crippen LogP contribution in [0.15, 0.2) is 52.2 Å². The first-order chi connectivity index (χ1) is 13.6. The van der Waals surface area contributed by atoms with Gasteiger partial charge in [-0.1, -0.05) is 23.7 Å². The summed E-state index contributed by atoms with van der Waals surface area (Å²) in [4.78, 5) is 8.42. The third-order valence-electron chi connectivity index (χ3n) is 3.60. The van der Waals surface area contributed by atoms with Crippen molar-refractivity contribution in [3.63, 3.8) is 0 Å². The number of benzene rings is 2. The zero-order valence-corrected chi connectivity index (χ0v) is 14.7. The van der Waals surface area contributed by atoms with Crippen LogP contribution in [0.4, 0.5) is 21.7 Å². The van der Waals surface area contributed by atoms with E-state index < -0.39 is 5.82 Å². The van der Waals surface area contributed by atoms with Gasteiger partial charge in [-0.3, -0.25) is 5.43 Å². The summed E-state index contributed by atoms with van der Waals surface area (Å²) in [7, 11) is 0. The summed E-state index contributed by atoms with van der Waals surface area (Å²) in [6.45, 7) is 0. The molecule has 0 aliphatic rings. The Labute approximate surface area is 161 Å². The number of aromatic nitrogens is 4. The van der Waals surface area contributed by atoms with Crippen LogP contribution < -0.4 is 10.7 Å². The first-order valence-electron chi connectivity index (χ1n) is 7.89. The Kier molecular flexibility index (Phi) is 4.68. The van der Waals surface area contributed by atoms with E-state index in [4.69, 9.17) is 11.6 Å². The van der Waals surface area contributed by atoms with Gasteiger partial charge >= 0.3 is 0 Å². The fourth-order valence-corrected chi connectivity index (χ4v) is 2.47. The molecule has 0 aliphatic carbocycles. The monoisotopic (exact) mass is 399 g/mol. The molecule has 9 nitrogen and oxygen atoms in total. The molecule has 140 valence electrons. The number of phenols is 1. The lowest BCUT2D eigenvalue weighted by Crippen LogP contribution is -2.04. The molecule has 0 fully saturated rings. The first kappa shape index (κ1) is 17.6. The number of anilines is 3. The molecular weight excluding hydrogens is 389 g/mol. The maximum Gasteiger partial charge on any atom is 0.245 e. The van der Waals surface area contributed by atoms with Gasteiger partial charge in [0.15, 0.2) is 11.6 Å². The van der Waals surface area contributed by atoms with Gasteiger partial charge in [-0.15, -0.1) is 0 Å². The lowest BCUT2D eigenvalue weighted by Gasteiger charge is -2.09. The lowest BCUT2D eigenvalue weighted by molar-refractivity contribution is 0.314. The second-order valence-electron chi connectivity index (χ2n) is 5.51. The zero-order valence-electron chi connectivity index (χ0n) is 14.0. The van der Waals surface area contributed by atoms with Gasteiger partial charge in [-0.25, -0.2) is 14.0 Å². The Bertz CT molecular complexity index is 1180. The van der Waals surface area contributed by atoms with Crippen LogP contribution in [0.2, 0.25) is 5.02 Å². The number of nitrogens with one attached hydrogen (secondary N) is 2. The van der Waals surface area contributed by atoms with Gasteiger partial charge in [0.1, 0.15) is 11.6 Å². The smallest absolute Gasteiger partial charge is 0.245 e. The van der Waals surface area contributed by atoms with Crippen molar-refractivity contribution in [3.8, 4) is 5.75 Å². The molecule has 3 N–H and O–H groups in total. The molecule has 2 aromatic carbocycles. The van der Waals surface area contributed by atoms with Crippen LogP contribution in [0.1, 0.15) is 5.56 Å². The van der Waals surface area contributed by atoms with E-state index in [0.717, 1.165) is 0 Å². The van der Waals surface area contributed by atoms with E-state index in [1.807, 2.05) is 0 Å². The van der Waals surface area contributed by atoms with Crippen LogP contribution in [-0.4, -0.2) is 31.6 Å². The molecule has 0 saturated carbocycles. The molecular formula is C17H11ClFN7O2. The second-order valence-corrected chi connectivity index (χ2v) is 5.95. The van der Waals surface area contributed by atoms with Crippen LogP contribution in [0.25, 0.3) is 11.3 Å². The Morgan fingerprint density at radius 2 is 1.82 bits per heavy atom. The van der Waals surface area contributed by atoms with E-state index in [9.17, 15) is 9.50 Å². The van der Waals surface area contributed by atoms with E-state index in [1.165, 1.54) is 24.4 Å². The van der Waals surface area contributed by atoms with Gasteiger partial charge in [0.05, 0.1) is 11.9 Å². The first-order valence-corrected chi connectivity index (χ1v) is 8.27. The van der Waals surface area contributed by atoms with Crippen LogP contribution in [-0.2, 0) is 0 Å². The third kappa shape index (κ3) is 3.67. The van der Waals surface area contributed by atoms with Crippen molar-refractivity contribution < 1.29 is 14.1 Å². The molecule has 0 bridgehead atoms. The number of halogens is 2. The largest absolute Gasteiger partial charge is 0.507 e. The normalized spacial score (nSPS) is 11.2. The summed E-state index contributed by atoms with van der Waals surface area (Å²) in [5.41, 5.74) is 3.53. The van der Waals surface area contributed by atoms with Gasteiger partial charge in [-0.2, -0.15) is 10.1 Å². The average Bonchev–Trinajstić information content (AvgIpc) is 3.13. The van der Waals surface area contributed by atoms with Crippen LogP contribution in [0, 0.1) is 5.82 Å². The zero-order chi connectivity index (χ0) is 19.5. The third-order valence-corrected chi connectivity index (χ3v) is 3.84. The van der Waals surface area contributed by atoms with Crippen molar-refractivity contribution in [2.75, 3.05) is 10.7 Å². The summed E-state index contributed by atoms with van der Waals surface area (Å²) in [6.07, 6.45) is 1.35. The quantitative estimate of drug-likeness (QED) is 0.343. The molecule has 0 spiro atoms. The van der Waals surface area contributed by atoms with E-state index in [0.29, 0.717) is 10.6 Å². The molecule has 11 heteroatoms. The van der Waals surface area contributed by atoms with Crippen LogP contribution >= 0.6 is 11.6 Å². The topological polar surface area (TPSA) is 121 Å². The standard InChI is InChI=1S/C17H11ClFN7O2/c18-10-5-6-13(27)9(7-10)8-20-24-15-14(21-12-4-2-1-3-11(12)19)22-16-17(23-15)26-28-25-16/h1-8,27H,(H,21,22,25)(H,23,24,26)/b20-8+. The highest BCUT2D eigenvalue weighted by Gasteiger charge is 2.14. The van der Waals surface area contributed by atoms with E-state index in [-0.39, 0.29) is 34.4 Å². The van der Waals surface area contributed by atoms with Crippen molar-refractivity contribution in [2.24, 2.45) is 5.10 Å². The minimum Gasteiger partial charge on any atom is -0.507 e. The Morgan fingerprint density at radius 1 is 1.07 bits per heavy atom. The van der Waals surface area contributed by atoms with Crippen molar-refractivity contribution in [2.45, 2.75) is 0 Å². The van der Waals surface area contributed by atoms with Crippen LogP contribution in [0.5, 0.6) is 5.75 Å². The second kappa shape index (κ2) is 7.45. The summed E-state index contributed by atoms with van der Waals surface area (Å²) in [5, 5.41) is 24.4. The Balaban J connectivity index is 1.66. The SMILES string of the molecule is Oc1ccc(Cl)cc1/C=N/Nc1nc2nonc2nc1Nc1ccccc1F. The molecule has 4 aromatic rings. The fraction of sp³-hybridized carbons (Fsp3) is 0. The van der Waals surface area contributed by atoms with E-state index in [1.54, 1.807) is 24.3 Å². The molecule has 0 saturated heterocycles. The number of hydrazone groups is 1. The summed E-state index contributed by atoms with van der Waals surface area (Å²) in [5.74, 6) is -0.173. The van der Waals surface area contributed by atoms with Gasteiger partial charge in [0, 0.05) is 10.6 Å². The molecule has 2 aromatic heterocycles. The molecule has 0 amide bonds. The van der Waals surface area contributed by atoms with E-state index >= 15 is 0 Å². The van der Waals surface area contributed by atoms with E-state index in [2.05, 4.69) is 40.8 Å². The number of phenolic OH excluding ortho intramolecular Hbond substituents is 1. The number of nitrogens with zero attached hydrogens (tertiary/aromatic N) is 5. The van der Waals surface area contributed by atoms with Gasteiger partial charge in [-0.05, 0) is 40.6 Å². The lowest BCUT2D eigenvalue weighted by atomic mass is 10.2.